The van der Waals surface area contributed by atoms with Gasteiger partial charge in [-0.2, -0.15) is 0 Å². The molecule has 0 aromatic heterocycles. The van der Waals surface area contributed by atoms with E-state index in [9.17, 15) is 4.79 Å². The van der Waals surface area contributed by atoms with Gasteiger partial charge in [0.05, 0.1) is 12.5 Å². The third kappa shape index (κ3) is 5.19. The number of nitrogens with one attached hydrogen (secondary N) is 1. The summed E-state index contributed by atoms with van der Waals surface area (Å²) >= 11 is 0. The van der Waals surface area contributed by atoms with E-state index in [1.165, 1.54) is 0 Å². The molecule has 0 aliphatic rings. The molecule has 100 valence electrons. The summed E-state index contributed by atoms with van der Waals surface area (Å²) in [5, 5.41) is 12.0. The summed E-state index contributed by atoms with van der Waals surface area (Å²) in [5.41, 5.74) is 0. The molecule has 1 aromatic carbocycles. The van der Waals surface area contributed by atoms with Crippen LogP contribution in [0.3, 0.4) is 0 Å². The van der Waals surface area contributed by atoms with E-state index in [2.05, 4.69) is 5.32 Å². The van der Waals surface area contributed by atoms with Crippen molar-refractivity contribution < 1.29 is 14.6 Å². The van der Waals surface area contributed by atoms with Gasteiger partial charge in [-0.05, 0) is 32.0 Å². The highest BCUT2D eigenvalue weighted by molar-refractivity contribution is 5.70. The van der Waals surface area contributed by atoms with E-state index in [1.54, 1.807) is 6.92 Å². The topological polar surface area (TPSA) is 58.6 Å². The monoisotopic (exact) mass is 251 g/mol. The van der Waals surface area contributed by atoms with E-state index in [1.807, 2.05) is 37.3 Å². The third-order valence-corrected chi connectivity index (χ3v) is 2.94. The van der Waals surface area contributed by atoms with Crippen LogP contribution < -0.4 is 10.1 Å². The highest BCUT2D eigenvalue weighted by Crippen LogP contribution is 2.08. The molecule has 2 unspecified atom stereocenters. The van der Waals surface area contributed by atoms with Crippen LogP contribution in [0.2, 0.25) is 0 Å². The molecule has 0 heterocycles. The van der Waals surface area contributed by atoms with Gasteiger partial charge in [-0.3, -0.25) is 4.79 Å². The van der Waals surface area contributed by atoms with Crippen LogP contribution >= 0.6 is 0 Å². The number of carboxylic acid groups (broad SMARTS) is 1. The summed E-state index contributed by atoms with van der Waals surface area (Å²) in [6, 6.07) is 9.63. The van der Waals surface area contributed by atoms with Crippen molar-refractivity contribution in [3.63, 3.8) is 0 Å². The van der Waals surface area contributed by atoms with Crippen LogP contribution in [0.15, 0.2) is 30.3 Å². The lowest BCUT2D eigenvalue weighted by Gasteiger charge is -2.17. The first-order valence-electron chi connectivity index (χ1n) is 6.25. The molecule has 0 saturated heterocycles. The Balaban J connectivity index is 2.10. The van der Waals surface area contributed by atoms with Gasteiger partial charge in [0, 0.05) is 6.04 Å². The number of rotatable bonds is 8. The number of ether oxygens (including phenoxy) is 1. The zero-order valence-electron chi connectivity index (χ0n) is 10.9. The third-order valence-electron chi connectivity index (χ3n) is 2.94. The second kappa shape index (κ2) is 7.71. The second-order valence-electron chi connectivity index (χ2n) is 4.38. The normalized spacial score (nSPS) is 13.9. The maximum atomic E-state index is 10.7. The van der Waals surface area contributed by atoms with Gasteiger partial charge in [-0.25, -0.2) is 0 Å². The van der Waals surface area contributed by atoms with Crippen molar-refractivity contribution in [3.8, 4) is 5.75 Å². The Hall–Kier alpha value is -1.55. The molecule has 0 bridgehead atoms. The van der Waals surface area contributed by atoms with Gasteiger partial charge in [0.15, 0.2) is 0 Å². The molecule has 2 N–H and O–H groups in total. The molecule has 4 heteroatoms. The average molecular weight is 251 g/mol. The highest BCUT2D eigenvalue weighted by Gasteiger charge is 2.18. The summed E-state index contributed by atoms with van der Waals surface area (Å²) in [6.07, 6.45) is 0.853. The van der Waals surface area contributed by atoms with Crippen molar-refractivity contribution in [1.82, 2.24) is 5.32 Å². The number of hydrogen-bond donors (Lipinski definition) is 2. The van der Waals surface area contributed by atoms with Gasteiger partial charge in [0.2, 0.25) is 0 Å². The summed E-state index contributed by atoms with van der Waals surface area (Å²) < 4.78 is 5.54. The largest absolute Gasteiger partial charge is 0.494 e. The van der Waals surface area contributed by atoms with Crippen LogP contribution in [0.1, 0.15) is 20.3 Å². The first-order valence-corrected chi connectivity index (χ1v) is 6.25. The van der Waals surface area contributed by atoms with Crippen molar-refractivity contribution in [2.24, 2.45) is 5.92 Å². The fourth-order valence-electron chi connectivity index (χ4n) is 1.50. The summed E-state index contributed by atoms with van der Waals surface area (Å²) in [6.45, 7) is 4.98. The molecule has 0 radical (unpaired) electrons. The molecule has 2 atom stereocenters. The zero-order valence-corrected chi connectivity index (χ0v) is 10.9. The molecular weight excluding hydrogens is 230 g/mol. The van der Waals surface area contributed by atoms with Crippen molar-refractivity contribution in [3.05, 3.63) is 30.3 Å². The number of aliphatic carboxylic acids is 1. The Kier molecular flexibility index (Phi) is 6.22. The highest BCUT2D eigenvalue weighted by atomic mass is 16.5. The molecule has 4 nitrogen and oxygen atoms in total. The number of carbonyl (C=O) groups is 1. The molecule has 0 aliphatic heterocycles. The summed E-state index contributed by atoms with van der Waals surface area (Å²) in [4.78, 5) is 10.7. The molecule has 0 fully saturated rings. The van der Waals surface area contributed by atoms with Crippen molar-refractivity contribution in [1.29, 1.82) is 0 Å². The first-order chi connectivity index (χ1) is 8.61. The van der Waals surface area contributed by atoms with E-state index in [0.29, 0.717) is 6.61 Å². The van der Waals surface area contributed by atoms with Crippen LogP contribution in [0.25, 0.3) is 0 Å². The zero-order chi connectivity index (χ0) is 13.4. The minimum absolute atomic E-state index is 0.0285. The van der Waals surface area contributed by atoms with Gasteiger partial charge in [-0.1, -0.05) is 25.1 Å². The van der Waals surface area contributed by atoms with Gasteiger partial charge >= 0.3 is 5.97 Å². The SMILES string of the molecule is CC(NCCCOc1ccccc1)C(C)C(=O)O. The molecule has 1 aromatic rings. The van der Waals surface area contributed by atoms with Crippen LogP contribution in [0.4, 0.5) is 0 Å². The lowest BCUT2D eigenvalue weighted by atomic mass is 10.0. The fraction of sp³-hybridized carbons (Fsp3) is 0.500. The summed E-state index contributed by atoms with van der Waals surface area (Å²) in [5.74, 6) is -0.278. The standard InChI is InChI=1S/C14H21NO3/c1-11(14(16)17)12(2)15-9-6-10-18-13-7-4-3-5-8-13/h3-5,7-8,11-12,15H,6,9-10H2,1-2H3,(H,16,17). The van der Waals surface area contributed by atoms with Gasteiger partial charge < -0.3 is 15.2 Å². The van der Waals surface area contributed by atoms with E-state index < -0.39 is 5.97 Å². The van der Waals surface area contributed by atoms with Crippen LogP contribution in [-0.4, -0.2) is 30.3 Å². The number of hydrogen-bond acceptors (Lipinski definition) is 3. The fourth-order valence-corrected chi connectivity index (χ4v) is 1.50. The molecule has 0 spiro atoms. The van der Waals surface area contributed by atoms with Crippen molar-refractivity contribution in [2.75, 3.05) is 13.2 Å². The van der Waals surface area contributed by atoms with Crippen molar-refractivity contribution in [2.45, 2.75) is 26.3 Å². The average Bonchev–Trinajstić information content (AvgIpc) is 2.38. The molecule has 18 heavy (non-hydrogen) atoms. The molecule has 0 saturated carbocycles. The van der Waals surface area contributed by atoms with E-state index in [0.717, 1.165) is 18.7 Å². The lowest BCUT2D eigenvalue weighted by Crippen LogP contribution is -2.37. The minimum atomic E-state index is -0.768. The number of benzene rings is 1. The molecule has 1 rings (SSSR count). The Bertz CT molecular complexity index is 353. The number of para-hydroxylation sites is 1. The van der Waals surface area contributed by atoms with Gasteiger partial charge in [-0.15, -0.1) is 0 Å². The van der Waals surface area contributed by atoms with Crippen molar-refractivity contribution >= 4 is 5.97 Å². The second-order valence-corrected chi connectivity index (χ2v) is 4.38. The molecular formula is C14H21NO3. The Morgan fingerprint density at radius 1 is 1.33 bits per heavy atom. The predicted molar refractivity (Wildman–Crippen MR) is 70.8 cm³/mol. The lowest BCUT2D eigenvalue weighted by molar-refractivity contribution is -0.141. The van der Waals surface area contributed by atoms with Gasteiger partial charge in [0.1, 0.15) is 5.75 Å². The molecule has 0 amide bonds. The first kappa shape index (κ1) is 14.5. The van der Waals surface area contributed by atoms with Crippen LogP contribution in [0, 0.1) is 5.92 Å². The molecule has 0 aliphatic carbocycles. The minimum Gasteiger partial charge on any atom is -0.494 e. The van der Waals surface area contributed by atoms with Crippen LogP contribution in [0.5, 0.6) is 5.75 Å². The van der Waals surface area contributed by atoms with Crippen LogP contribution in [-0.2, 0) is 4.79 Å². The maximum Gasteiger partial charge on any atom is 0.307 e. The predicted octanol–water partition coefficient (Wildman–Crippen LogP) is 2.15. The Morgan fingerprint density at radius 3 is 2.61 bits per heavy atom. The van der Waals surface area contributed by atoms with Gasteiger partial charge in [0.25, 0.3) is 0 Å². The van der Waals surface area contributed by atoms with E-state index >= 15 is 0 Å². The number of carboxylic acids is 1. The smallest absolute Gasteiger partial charge is 0.307 e. The Morgan fingerprint density at radius 2 is 2.00 bits per heavy atom. The summed E-state index contributed by atoms with van der Waals surface area (Å²) in [7, 11) is 0. The van der Waals surface area contributed by atoms with E-state index in [4.69, 9.17) is 9.84 Å². The maximum absolute atomic E-state index is 10.7. The quantitative estimate of drug-likeness (QED) is 0.695. The Labute approximate surface area is 108 Å². The van der Waals surface area contributed by atoms with E-state index in [-0.39, 0.29) is 12.0 Å².